The van der Waals surface area contributed by atoms with E-state index < -0.39 is 0 Å². The Hall–Kier alpha value is -2.14. The molecule has 0 atom stereocenters. The van der Waals surface area contributed by atoms with Crippen LogP contribution in [0.4, 0.5) is 0 Å². The third kappa shape index (κ3) is 3.22. The quantitative estimate of drug-likeness (QED) is 0.594. The molecule has 2 aliphatic heterocycles. The molecule has 0 radical (unpaired) electrons. The van der Waals surface area contributed by atoms with Gasteiger partial charge in [0.05, 0.1) is 18.8 Å². The molecule has 0 aromatic heterocycles. The van der Waals surface area contributed by atoms with Gasteiger partial charge in [0.1, 0.15) is 5.70 Å². The van der Waals surface area contributed by atoms with E-state index in [4.69, 9.17) is 4.74 Å². The number of amides is 2. The summed E-state index contributed by atoms with van der Waals surface area (Å²) >= 11 is 0. The van der Waals surface area contributed by atoms with Crippen LogP contribution in [0, 0.1) is 0 Å². The van der Waals surface area contributed by atoms with Gasteiger partial charge in [0.2, 0.25) is 0 Å². The normalized spacial score (nSPS) is 18.7. The molecule has 2 heterocycles. The van der Waals surface area contributed by atoms with Crippen LogP contribution in [-0.4, -0.2) is 54.5 Å². The summed E-state index contributed by atoms with van der Waals surface area (Å²) in [5, 5.41) is 0. The minimum absolute atomic E-state index is 0.156. The lowest BCUT2D eigenvalue weighted by Gasteiger charge is -2.29. The first-order valence-corrected chi connectivity index (χ1v) is 8.72. The van der Waals surface area contributed by atoms with Gasteiger partial charge >= 0.3 is 0 Å². The molecule has 3 rings (SSSR count). The molecule has 1 aromatic rings. The Morgan fingerprint density at radius 1 is 1.00 bits per heavy atom. The average molecular weight is 328 g/mol. The van der Waals surface area contributed by atoms with E-state index >= 15 is 0 Å². The lowest BCUT2D eigenvalue weighted by atomic mass is 10.0. The second-order valence-electron chi connectivity index (χ2n) is 6.16. The molecule has 1 aromatic carbocycles. The van der Waals surface area contributed by atoms with Crippen LogP contribution in [0.1, 0.15) is 31.7 Å². The Labute approximate surface area is 142 Å². The summed E-state index contributed by atoms with van der Waals surface area (Å²) in [6.07, 6.45) is 2.93. The number of nitrogens with zero attached hydrogens (tertiary/aromatic N) is 2. The Morgan fingerprint density at radius 2 is 1.71 bits per heavy atom. The first kappa shape index (κ1) is 16.7. The molecule has 2 aliphatic rings. The summed E-state index contributed by atoms with van der Waals surface area (Å²) in [7, 11) is 0. The van der Waals surface area contributed by atoms with E-state index in [1.807, 2.05) is 35.2 Å². The number of benzene rings is 1. The monoisotopic (exact) mass is 328 g/mol. The van der Waals surface area contributed by atoms with Crippen LogP contribution in [0.2, 0.25) is 0 Å². The first-order chi connectivity index (χ1) is 11.7. The fraction of sp³-hybridized carbons (Fsp3) is 0.474. The molecular formula is C19H24N2O3. The molecular weight excluding hydrogens is 304 g/mol. The van der Waals surface area contributed by atoms with Crippen LogP contribution in [0.5, 0.6) is 0 Å². The van der Waals surface area contributed by atoms with E-state index in [0.29, 0.717) is 44.1 Å². The van der Waals surface area contributed by atoms with Gasteiger partial charge in [-0.25, -0.2) is 0 Å². The molecule has 2 amide bonds. The molecule has 5 heteroatoms. The minimum Gasteiger partial charge on any atom is -0.378 e. The van der Waals surface area contributed by atoms with E-state index in [2.05, 4.69) is 6.92 Å². The molecule has 5 nitrogen and oxygen atoms in total. The van der Waals surface area contributed by atoms with Crippen LogP contribution in [-0.2, 0) is 14.3 Å². The van der Waals surface area contributed by atoms with Crippen molar-refractivity contribution in [2.45, 2.75) is 26.2 Å². The lowest BCUT2D eigenvalue weighted by Crippen LogP contribution is -2.40. The van der Waals surface area contributed by atoms with Crippen LogP contribution < -0.4 is 0 Å². The van der Waals surface area contributed by atoms with Crippen LogP contribution in [0.25, 0.3) is 5.57 Å². The minimum atomic E-state index is -0.163. The molecule has 0 saturated carbocycles. The molecule has 0 unspecified atom stereocenters. The largest absolute Gasteiger partial charge is 0.378 e. The number of morpholine rings is 1. The highest BCUT2D eigenvalue weighted by Crippen LogP contribution is 2.32. The maximum atomic E-state index is 13.0. The zero-order chi connectivity index (χ0) is 16.9. The Balaban J connectivity index is 1.94. The predicted molar refractivity (Wildman–Crippen MR) is 92.0 cm³/mol. The molecule has 0 aliphatic carbocycles. The second kappa shape index (κ2) is 7.62. The summed E-state index contributed by atoms with van der Waals surface area (Å²) in [6, 6.07) is 9.51. The molecule has 1 saturated heterocycles. The Bertz CT molecular complexity index is 633. The third-order valence-corrected chi connectivity index (χ3v) is 4.52. The summed E-state index contributed by atoms with van der Waals surface area (Å²) in [4.78, 5) is 29.3. The number of carbonyl (C=O) groups is 2. The van der Waals surface area contributed by atoms with Crippen LogP contribution in [0.15, 0.2) is 36.0 Å². The molecule has 1 fully saturated rings. The summed E-state index contributed by atoms with van der Waals surface area (Å²) in [5.41, 5.74) is 1.90. The van der Waals surface area contributed by atoms with Crippen molar-refractivity contribution in [2.24, 2.45) is 0 Å². The molecule has 0 N–H and O–H groups in total. The number of ether oxygens (including phenoxy) is 1. The van der Waals surface area contributed by atoms with E-state index in [9.17, 15) is 9.59 Å². The zero-order valence-electron chi connectivity index (χ0n) is 14.2. The fourth-order valence-corrected chi connectivity index (χ4v) is 3.23. The van der Waals surface area contributed by atoms with Crippen molar-refractivity contribution in [3.63, 3.8) is 0 Å². The van der Waals surface area contributed by atoms with E-state index in [1.54, 1.807) is 0 Å². The third-order valence-electron chi connectivity index (χ3n) is 4.52. The molecule has 128 valence electrons. The SMILES string of the molecule is CCCCCN1C(=O)C(c2ccccc2)=C(N2CCOCC2)C1=O. The van der Waals surface area contributed by atoms with Crippen molar-refractivity contribution in [1.29, 1.82) is 0 Å². The van der Waals surface area contributed by atoms with Gasteiger partial charge < -0.3 is 9.64 Å². The lowest BCUT2D eigenvalue weighted by molar-refractivity contribution is -0.137. The van der Waals surface area contributed by atoms with Gasteiger partial charge in [-0.1, -0.05) is 50.1 Å². The van der Waals surface area contributed by atoms with Crippen LogP contribution >= 0.6 is 0 Å². The van der Waals surface area contributed by atoms with Gasteiger partial charge in [-0.05, 0) is 12.0 Å². The van der Waals surface area contributed by atoms with Gasteiger partial charge in [-0.2, -0.15) is 0 Å². The fourth-order valence-electron chi connectivity index (χ4n) is 3.23. The van der Waals surface area contributed by atoms with Crippen molar-refractivity contribution in [1.82, 2.24) is 9.80 Å². The number of hydrogen-bond acceptors (Lipinski definition) is 4. The zero-order valence-corrected chi connectivity index (χ0v) is 14.2. The van der Waals surface area contributed by atoms with Gasteiger partial charge in [-0.3, -0.25) is 14.5 Å². The number of carbonyl (C=O) groups excluding carboxylic acids is 2. The Kier molecular flexibility index (Phi) is 5.30. The highest BCUT2D eigenvalue weighted by Gasteiger charge is 2.41. The van der Waals surface area contributed by atoms with Crippen molar-refractivity contribution in [2.75, 3.05) is 32.8 Å². The topological polar surface area (TPSA) is 49.9 Å². The standard InChI is InChI=1S/C19H24N2O3/c1-2-3-7-10-21-18(22)16(15-8-5-4-6-9-15)17(19(21)23)20-11-13-24-14-12-20/h4-6,8-9H,2-3,7,10-14H2,1H3. The highest BCUT2D eigenvalue weighted by atomic mass is 16.5. The van der Waals surface area contributed by atoms with Gasteiger partial charge in [0.25, 0.3) is 11.8 Å². The number of hydrogen-bond donors (Lipinski definition) is 0. The molecule has 24 heavy (non-hydrogen) atoms. The van der Waals surface area contributed by atoms with Crippen molar-refractivity contribution >= 4 is 17.4 Å². The average Bonchev–Trinajstić information content (AvgIpc) is 2.88. The van der Waals surface area contributed by atoms with Crippen molar-refractivity contribution in [3.05, 3.63) is 41.6 Å². The Morgan fingerprint density at radius 3 is 2.38 bits per heavy atom. The predicted octanol–water partition coefficient (Wildman–Crippen LogP) is 2.29. The second-order valence-corrected chi connectivity index (χ2v) is 6.16. The summed E-state index contributed by atoms with van der Waals surface area (Å²) in [6.45, 7) is 5.07. The van der Waals surface area contributed by atoms with Crippen molar-refractivity contribution < 1.29 is 14.3 Å². The first-order valence-electron chi connectivity index (χ1n) is 8.72. The maximum Gasteiger partial charge on any atom is 0.277 e. The van der Waals surface area contributed by atoms with Crippen molar-refractivity contribution in [3.8, 4) is 0 Å². The van der Waals surface area contributed by atoms with Gasteiger partial charge in [0.15, 0.2) is 0 Å². The number of rotatable bonds is 6. The summed E-state index contributed by atoms with van der Waals surface area (Å²) in [5.74, 6) is -0.319. The van der Waals surface area contributed by atoms with E-state index in [-0.39, 0.29) is 11.8 Å². The van der Waals surface area contributed by atoms with Crippen LogP contribution in [0.3, 0.4) is 0 Å². The highest BCUT2D eigenvalue weighted by molar-refractivity contribution is 6.35. The van der Waals surface area contributed by atoms with Gasteiger partial charge in [-0.15, -0.1) is 0 Å². The van der Waals surface area contributed by atoms with E-state index in [0.717, 1.165) is 24.8 Å². The maximum absolute atomic E-state index is 13.0. The number of unbranched alkanes of at least 4 members (excludes halogenated alkanes) is 2. The van der Waals surface area contributed by atoms with Gasteiger partial charge in [0, 0.05) is 19.6 Å². The summed E-state index contributed by atoms with van der Waals surface area (Å²) < 4.78 is 5.39. The smallest absolute Gasteiger partial charge is 0.277 e. The molecule has 0 bridgehead atoms. The molecule has 0 spiro atoms. The van der Waals surface area contributed by atoms with E-state index in [1.165, 1.54) is 4.90 Å². The number of imide groups is 1.